The lowest BCUT2D eigenvalue weighted by Crippen LogP contribution is -2.16. The van der Waals surface area contributed by atoms with Gasteiger partial charge in [0, 0.05) is 9.13 Å². The molecule has 20 heavy (non-hydrogen) atoms. The average Bonchev–Trinajstić information content (AvgIpc) is 2.70. The highest BCUT2D eigenvalue weighted by atomic mass is 127. The van der Waals surface area contributed by atoms with Gasteiger partial charge in [-0.3, -0.25) is 9.52 Å². The summed E-state index contributed by atoms with van der Waals surface area (Å²) in [6.45, 7) is 0. The summed E-state index contributed by atoms with van der Waals surface area (Å²) in [5.41, 5.74) is 5.95. The Hall–Kier alpha value is -1.20. The van der Waals surface area contributed by atoms with Crippen LogP contribution in [0.1, 0.15) is 10.5 Å². The second-order valence-corrected chi connectivity index (χ2v) is 7.94. The highest BCUT2D eigenvalue weighted by Gasteiger charge is 2.19. The van der Waals surface area contributed by atoms with E-state index in [-0.39, 0.29) is 10.7 Å². The van der Waals surface area contributed by atoms with E-state index in [0.717, 1.165) is 26.7 Å². The van der Waals surface area contributed by atoms with Gasteiger partial charge < -0.3 is 5.73 Å². The number of rotatable bonds is 4. The SMILES string of the molecule is CS(=O)(=O)Nc1sc(-c2cccc(I)c2)nc1C(N)=O. The number of nitrogens with zero attached hydrogens (tertiary/aromatic N) is 1. The van der Waals surface area contributed by atoms with Crippen LogP contribution in [0.5, 0.6) is 0 Å². The molecule has 0 atom stereocenters. The minimum Gasteiger partial charge on any atom is -0.364 e. The van der Waals surface area contributed by atoms with E-state index in [1.165, 1.54) is 0 Å². The van der Waals surface area contributed by atoms with Crippen LogP contribution in [0.15, 0.2) is 24.3 Å². The molecule has 0 spiro atoms. The van der Waals surface area contributed by atoms with E-state index in [2.05, 4.69) is 32.3 Å². The lowest BCUT2D eigenvalue weighted by atomic mass is 10.2. The van der Waals surface area contributed by atoms with Crippen LogP contribution in [0, 0.1) is 3.57 Å². The Kier molecular flexibility index (Phi) is 4.30. The molecule has 0 aliphatic heterocycles. The first-order valence-corrected chi connectivity index (χ1v) is 9.09. The zero-order chi connectivity index (χ0) is 14.9. The number of halogens is 1. The molecule has 0 radical (unpaired) electrons. The van der Waals surface area contributed by atoms with Gasteiger partial charge in [-0.25, -0.2) is 13.4 Å². The number of aromatic nitrogens is 1. The minimum atomic E-state index is -3.50. The number of carbonyl (C=O) groups is 1. The smallest absolute Gasteiger partial charge is 0.270 e. The number of nitrogens with two attached hydrogens (primary N) is 1. The molecular formula is C11H10IN3O3S2. The summed E-state index contributed by atoms with van der Waals surface area (Å²) in [4.78, 5) is 15.5. The molecule has 1 heterocycles. The first kappa shape index (κ1) is 15.2. The standard InChI is InChI=1S/C11H10IN3O3S2/c1-20(17,18)15-11-8(9(13)16)14-10(19-11)6-3-2-4-7(12)5-6/h2-5,15H,1H3,(H2,13,16). The summed E-state index contributed by atoms with van der Waals surface area (Å²) in [6, 6.07) is 7.48. The van der Waals surface area contributed by atoms with E-state index in [1.54, 1.807) is 0 Å². The average molecular weight is 423 g/mol. The lowest BCUT2D eigenvalue weighted by Gasteiger charge is -2.00. The lowest BCUT2D eigenvalue weighted by molar-refractivity contribution is 0.0997. The molecule has 106 valence electrons. The number of hydrogen-bond donors (Lipinski definition) is 2. The van der Waals surface area contributed by atoms with Crippen LogP contribution in [0.3, 0.4) is 0 Å². The molecule has 2 rings (SSSR count). The summed E-state index contributed by atoms with van der Waals surface area (Å²) in [7, 11) is -3.50. The van der Waals surface area contributed by atoms with Gasteiger partial charge in [0.15, 0.2) is 5.69 Å². The van der Waals surface area contributed by atoms with Crippen molar-refractivity contribution in [3.05, 3.63) is 33.5 Å². The quantitative estimate of drug-likeness (QED) is 0.734. The first-order chi connectivity index (χ1) is 9.26. The van der Waals surface area contributed by atoms with Crippen LogP contribution in [0.4, 0.5) is 5.00 Å². The van der Waals surface area contributed by atoms with E-state index >= 15 is 0 Å². The number of thiazole rings is 1. The number of anilines is 1. The Morgan fingerprint density at radius 3 is 2.70 bits per heavy atom. The number of amides is 1. The van der Waals surface area contributed by atoms with Crippen LogP contribution in [0.25, 0.3) is 10.6 Å². The molecule has 9 heteroatoms. The van der Waals surface area contributed by atoms with Crippen molar-refractivity contribution in [2.24, 2.45) is 5.73 Å². The molecule has 0 aliphatic carbocycles. The Morgan fingerprint density at radius 1 is 1.45 bits per heavy atom. The maximum atomic E-state index is 11.3. The van der Waals surface area contributed by atoms with Crippen molar-refractivity contribution in [2.75, 3.05) is 11.0 Å². The van der Waals surface area contributed by atoms with Crippen molar-refractivity contribution in [3.63, 3.8) is 0 Å². The third kappa shape index (κ3) is 3.67. The molecule has 0 aliphatic rings. The number of sulfonamides is 1. The summed E-state index contributed by atoms with van der Waals surface area (Å²) in [5, 5.41) is 0.664. The second kappa shape index (κ2) is 5.66. The summed E-state index contributed by atoms with van der Waals surface area (Å²) >= 11 is 3.23. The molecule has 1 amide bonds. The van der Waals surface area contributed by atoms with Crippen molar-refractivity contribution in [1.29, 1.82) is 0 Å². The zero-order valence-corrected chi connectivity index (χ0v) is 14.0. The van der Waals surface area contributed by atoms with Crippen molar-refractivity contribution >= 4 is 54.9 Å². The molecule has 3 N–H and O–H groups in total. The number of carbonyl (C=O) groups excluding carboxylic acids is 1. The normalized spacial score (nSPS) is 11.3. The second-order valence-electron chi connectivity index (χ2n) is 3.95. The molecule has 0 unspecified atom stereocenters. The fourth-order valence-corrected chi connectivity index (χ4v) is 3.89. The van der Waals surface area contributed by atoms with Crippen molar-refractivity contribution < 1.29 is 13.2 Å². The number of nitrogens with one attached hydrogen (secondary N) is 1. The number of hydrogen-bond acceptors (Lipinski definition) is 5. The van der Waals surface area contributed by atoms with Gasteiger partial charge >= 0.3 is 0 Å². The van der Waals surface area contributed by atoms with Crippen LogP contribution in [0.2, 0.25) is 0 Å². The van der Waals surface area contributed by atoms with E-state index in [0.29, 0.717) is 5.01 Å². The molecule has 1 aromatic heterocycles. The summed E-state index contributed by atoms with van der Waals surface area (Å²) in [6.07, 6.45) is 1.00. The van der Waals surface area contributed by atoms with E-state index in [9.17, 15) is 13.2 Å². The highest BCUT2D eigenvalue weighted by Crippen LogP contribution is 2.33. The van der Waals surface area contributed by atoms with Gasteiger partial charge in [0.2, 0.25) is 10.0 Å². The predicted molar refractivity (Wildman–Crippen MR) is 87.3 cm³/mol. The highest BCUT2D eigenvalue weighted by molar-refractivity contribution is 14.1. The number of benzene rings is 1. The fraction of sp³-hybridized carbons (Fsp3) is 0.0909. The Balaban J connectivity index is 2.52. The van der Waals surface area contributed by atoms with Crippen LogP contribution < -0.4 is 10.5 Å². The summed E-state index contributed by atoms with van der Waals surface area (Å²) in [5.74, 6) is -0.774. The van der Waals surface area contributed by atoms with Gasteiger partial charge in [-0.15, -0.1) is 0 Å². The van der Waals surface area contributed by atoms with E-state index in [1.807, 2.05) is 24.3 Å². The molecule has 0 saturated heterocycles. The third-order valence-corrected chi connectivity index (χ3v) is 4.61. The fourth-order valence-electron chi connectivity index (χ4n) is 1.47. The molecule has 0 fully saturated rings. The van der Waals surface area contributed by atoms with E-state index in [4.69, 9.17) is 5.73 Å². The molecule has 2 aromatic rings. The molecule has 1 aromatic carbocycles. The Bertz CT molecular complexity index is 771. The predicted octanol–water partition coefficient (Wildman–Crippen LogP) is 1.89. The minimum absolute atomic E-state index is 0.0747. The topological polar surface area (TPSA) is 102 Å². The maximum absolute atomic E-state index is 11.3. The zero-order valence-electron chi connectivity index (χ0n) is 10.3. The van der Waals surface area contributed by atoms with Crippen LogP contribution in [-0.2, 0) is 10.0 Å². The van der Waals surface area contributed by atoms with Crippen molar-refractivity contribution in [2.45, 2.75) is 0 Å². The molecule has 6 nitrogen and oxygen atoms in total. The largest absolute Gasteiger partial charge is 0.364 e. The third-order valence-electron chi connectivity index (χ3n) is 2.21. The molecule has 0 bridgehead atoms. The Labute approximate surface area is 133 Å². The monoisotopic (exact) mass is 423 g/mol. The summed E-state index contributed by atoms with van der Waals surface area (Å²) < 4.78 is 25.8. The van der Waals surface area contributed by atoms with Gasteiger partial charge in [0.1, 0.15) is 10.0 Å². The van der Waals surface area contributed by atoms with Gasteiger partial charge in [-0.05, 0) is 34.7 Å². The van der Waals surface area contributed by atoms with Gasteiger partial charge in [0.05, 0.1) is 6.26 Å². The first-order valence-electron chi connectivity index (χ1n) is 5.30. The maximum Gasteiger partial charge on any atom is 0.270 e. The molecular weight excluding hydrogens is 413 g/mol. The van der Waals surface area contributed by atoms with Gasteiger partial charge in [-0.1, -0.05) is 23.5 Å². The van der Waals surface area contributed by atoms with Gasteiger partial charge in [0.25, 0.3) is 5.91 Å². The van der Waals surface area contributed by atoms with Gasteiger partial charge in [-0.2, -0.15) is 0 Å². The molecule has 0 saturated carbocycles. The number of primary amides is 1. The Morgan fingerprint density at radius 2 is 2.15 bits per heavy atom. The van der Waals surface area contributed by atoms with E-state index < -0.39 is 15.9 Å². The van der Waals surface area contributed by atoms with Crippen LogP contribution in [-0.4, -0.2) is 25.6 Å². The van der Waals surface area contributed by atoms with Crippen molar-refractivity contribution in [3.8, 4) is 10.6 Å². The van der Waals surface area contributed by atoms with Crippen molar-refractivity contribution in [1.82, 2.24) is 4.98 Å². The van der Waals surface area contributed by atoms with Crippen LogP contribution >= 0.6 is 33.9 Å².